The molecule has 0 N–H and O–H groups in total. The summed E-state index contributed by atoms with van der Waals surface area (Å²) in [7, 11) is -1.37. The summed E-state index contributed by atoms with van der Waals surface area (Å²) >= 11 is 0. The van der Waals surface area contributed by atoms with Gasteiger partial charge in [0.2, 0.25) is 0 Å². The zero-order valence-electron chi connectivity index (χ0n) is 11.2. The first-order valence-electron chi connectivity index (χ1n) is 6.35. The maximum absolute atomic E-state index is 6.41. The van der Waals surface area contributed by atoms with E-state index in [9.17, 15) is 0 Å². The van der Waals surface area contributed by atoms with Gasteiger partial charge < -0.3 is 4.43 Å². The SMILES string of the molecule is CC1(C)[C@H]2CC[C@]1(C)[C@H](O[Si](C)(C)C)C2. The van der Waals surface area contributed by atoms with E-state index < -0.39 is 8.32 Å². The number of rotatable bonds is 2. The second kappa shape index (κ2) is 3.10. The Hall–Kier alpha value is 0.177. The number of hydrogen-bond acceptors (Lipinski definition) is 1. The summed E-state index contributed by atoms with van der Waals surface area (Å²) in [6.07, 6.45) is 4.65. The fourth-order valence-electron chi connectivity index (χ4n) is 3.74. The zero-order chi connectivity index (χ0) is 11.5. The summed E-state index contributed by atoms with van der Waals surface area (Å²) < 4.78 is 6.41. The fraction of sp³-hybridized carbons (Fsp3) is 1.00. The molecule has 2 aliphatic rings. The first-order chi connectivity index (χ1) is 6.67. The van der Waals surface area contributed by atoms with Gasteiger partial charge in [0.05, 0.1) is 6.10 Å². The molecule has 15 heavy (non-hydrogen) atoms. The molecular weight excluding hydrogens is 200 g/mol. The van der Waals surface area contributed by atoms with Gasteiger partial charge in [-0.05, 0) is 55.7 Å². The molecule has 0 aromatic carbocycles. The second-order valence-electron chi connectivity index (χ2n) is 7.33. The van der Waals surface area contributed by atoms with Gasteiger partial charge in [0, 0.05) is 0 Å². The quantitative estimate of drug-likeness (QED) is 0.645. The van der Waals surface area contributed by atoms with Crippen LogP contribution in [0, 0.1) is 16.7 Å². The Kier molecular flexibility index (Phi) is 2.41. The molecule has 2 rings (SSSR count). The molecule has 2 aliphatic carbocycles. The lowest BCUT2D eigenvalue weighted by molar-refractivity contribution is 0.0251. The van der Waals surface area contributed by atoms with E-state index in [1.807, 2.05) is 0 Å². The maximum Gasteiger partial charge on any atom is 0.184 e. The van der Waals surface area contributed by atoms with Crippen LogP contribution < -0.4 is 0 Å². The minimum atomic E-state index is -1.37. The summed E-state index contributed by atoms with van der Waals surface area (Å²) in [6.45, 7) is 14.3. The van der Waals surface area contributed by atoms with Crippen LogP contribution in [-0.4, -0.2) is 14.4 Å². The molecule has 2 fully saturated rings. The Morgan fingerprint density at radius 2 is 1.73 bits per heavy atom. The summed E-state index contributed by atoms with van der Waals surface area (Å²) in [4.78, 5) is 0. The van der Waals surface area contributed by atoms with Crippen LogP contribution in [0.25, 0.3) is 0 Å². The second-order valence-corrected chi connectivity index (χ2v) is 11.8. The van der Waals surface area contributed by atoms with Gasteiger partial charge in [-0.3, -0.25) is 0 Å². The van der Waals surface area contributed by atoms with Crippen molar-refractivity contribution in [3.8, 4) is 0 Å². The molecule has 1 nitrogen and oxygen atoms in total. The lowest BCUT2D eigenvalue weighted by Crippen LogP contribution is -2.42. The molecule has 88 valence electrons. The molecule has 0 aromatic heterocycles. The van der Waals surface area contributed by atoms with E-state index in [0.717, 1.165) is 5.92 Å². The minimum Gasteiger partial charge on any atom is -0.414 e. The normalized spacial score (nSPS) is 43.6. The Labute approximate surface area is 95.7 Å². The van der Waals surface area contributed by atoms with Crippen LogP contribution in [0.1, 0.15) is 40.0 Å². The van der Waals surface area contributed by atoms with E-state index in [1.165, 1.54) is 19.3 Å². The fourth-order valence-corrected chi connectivity index (χ4v) is 4.95. The first kappa shape index (κ1) is 11.7. The smallest absolute Gasteiger partial charge is 0.184 e. The van der Waals surface area contributed by atoms with E-state index in [1.54, 1.807) is 0 Å². The van der Waals surface area contributed by atoms with Gasteiger partial charge in [-0.2, -0.15) is 0 Å². The highest BCUT2D eigenvalue weighted by Crippen LogP contribution is 2.66. The minimum absolute atomic E-state index is 0.442. The number of fused-ring (bicyclic) bond motifs is 2. The van der Waals surface area contributed by atoms with Crippen LogP contribution in [-0.2, 0) is 4.43 Å². The largest absolute Gasteiger partial charge is 0.414 e. The molecule has 0 radical (unpaired) electrons. The van der Waals surface area contributed by atoms with Crippen molar-refractivity contribution in [2.24, 2.45) is 16.7 Å². The van der Waals surface area contributed by atoms with Crippen molar-refractivity contribution < 1.29 is 4.43 Å². The van der Waals surface area contributed by atoms with Gasteiger partial charge in [0.15, 0.2) is 8.32 Å². The van der Waals surface area contributed by atoms with Gasteiger partial charge in [0.1, 0.15) is 0 Å². The van der Waals surface area contributed by atoms with Gasteiger partial charge in [-0.1, -0.05) is 20.8 Å². The van der Waals surface area contributed by atoms with Crippen molar-refractivity contribution >= 4 is 8.32 Å². The van der Waals surface area contributed by atoms with Crippen molar-refractivity contribution in [1.29, 1.82) is 0 Å². The Bertz CT molecular complexity index is 266. The molecule has 2 saturated carbocycles. The third-order valence-electron chi connectivity index (χ3n) is 5.21. The van der Waals surface area contributed by atoms with E-state index in [2.05, 4.69) is 40.4 Å². The van der Waals surface area contributed by atoms with Crippen molar-refractivity contribution in [1.82, 2.24) is 0 Å². The molecular formula is C13H26OSi. The van der Waals surface area contributed by atoms with Gasteiger partial charge >= 0.3 is 0 Å². The van der Waals surface area contributed by atoms with Crippen LogP contribution in [0.5, 0.6) is 0 Å². The molecule has 0 aromatic rings. The van der Waals surface area contributed by atoms with Crippen LogP contribution in [0.3, 0.4) is 0 Å². The summed E-state index contributed by atoms with van der Waals surface area (Å²) in [5, 5.41) is 0. The molecule has 0 saturated heterocycles. The number of hydrogen-bond donors (Lipinski definition) is 0. The molecule has 0 aliphatic heterocycles. The van der Waals surface area contributed by atoms with Crippen LogP contribution >= 0.6 is 0 Å². The molecule has 3 atom stereocenters. The molecule has 0 spiro atoms. The summed E-state index contributed by atoms with van der Waals surface area (Å²) in [6, 6.07) is 0. The van der Waals surface area contributed by atoms with E-state index >= 15 is 0 Å². The Morgan fingerprint density at radius 3 is 2.07 bits per heavy atom. The van der Waals surface area contributed by atoms with Crippen LogP contribution in [0.2, 0.25) is 19.6 Å². The van der Waals surface area contributed by atoms with Crippen molar-refractivity contribution in [3.63, 3.8) is 0 Å². The Morgan fingerprint density at radius 1 is 1.13 bits per heavy atom. The monoisotopic (exact) mass is 226 g/mol. The maximum atomic E-state index is 6.41. The predicted molar refractivity (Wildman–Crippen MR) is 67.4 cm³/mol. The van der Waals surface area contributed by atoms with Gasteiger partial charge in [-0.15, -0.1) is 0 Å². The van der Waals surface area contributed by atoms with E-state index in [-0.39, 0.29) is 0 Å². The average molecular weight is 226 g/mol. The molecule has 0 amide bonds. The lowest BCUT2D eigenvalue weighted by Gasteiger charge is -2.41. The highest BCUT2D eigenvalue weighted by molar-refractivity contribution is 6.69. The topological polar surface area (TPSA) is 9.23 Å². The van der Waals surface area contributed by atoms with Gasteiger partial charge in [-0.25, -0.2) is 0 Å². The van der Waals surface area contributed by atoms with Crippen LogP contribution in [0.4, 0.5) is 0 Å². The average Bonchev–Trinajstić information content (AvgIpc) is 2.34. The highest BCUT2D eigenvalue weighted by Gasteiger charge is 2.62. The van der Waals surface area contributed by atoms with Gasteiger partial charge in [0.25, 0.3) is 0 Å². The third kappa shape index (κ3) is 1.61. The lowest BCUT2D eigenvalue weighted by atomic mass is 9.70. The standard InChI is InChI=1S/C13H26OSi/c1-12(2)10-7-8-13(12,3)11(9-10)14-15(4,5)6/h10-11H,7-9H2,1-6H3/t10-,11+,13+/m0/s1. The van der Waals surface area contributed by atoms with Crippen LogP contribution in [0.15, 0.2) is 0 Å². The first-order valence-corrected chi connectivity index (χ1v) is 9.75. The Balaban J connectivity index is 2.19. The zero-order valence-corrected chi connectivity index (χ0v) is 12.2. The van der Waals surface area contributed by atoms with Crippen molar-refractivity contribution in [2.75, 3.05) is 0 Å². The predicted octanol–water partition coefficient (Wildman–Crippen LogP) is 4.05. The van der Waals surface area contributed by atoms with E-state index in [0.29, 0.717) is 16.9 Å². The van der Waals surface area contributed by atoms with Crippen molar-refractivity contribution in [2.45, 2.75) is 65.8 Å². The highest BCUT2D eigenvalue weighted by atomic mass is 28.4. The van der Waals surface area contributed by atoms with E-state index in [4.69, 9.17) is 4.43 Å². The van der Waals surface area contributed by atoms with Crippen molar-refractivity contribution in [3.05, 3.63) is 0 Å². The molecule has 2 heteroatoms. The summed E-state index contributed by atoms with van der Waals surface area (Å²) in [5.74, 6) is 0.906. The molecule has 0 heterocycles. The third-order valence-corrected chi connectivity index (χ3v) is 6.20. The molecule has 0 unspecified atom stereocenters. The summed E-state index contributed by atoms with van der Waals surface area (Å²) in [5.41, 5.74) is 0.940. The molecule has 2 bridgehead atoms.